The van der Waals surface area contributed by atoms with Crippen LogP contribution in [0.5, 0.6) is 0 Å². The Hall–Kier alpha value is -2.50. The van der Waals surface area contributed by atoms with Crippen LogP contribution >= 0.6 is 0 Å². The minimum Gasteiger partial charge on any atom is -0.624 e. The molecule has 0 aliphatic carbocycles. The Bertz CT molecular complexity index is 621. The fourth-order valence-electron chi connectivity index (χ4n) is 1.64. The van der Waals surface area contributed by atoms with Gasteiger partial charge in [0.1, 0.15) is 7.05 Å². The first-order valence-corrected chi connectivity index (χ1v) is 6.38. The predicted molar refractivity (Wildman–Crippen MR) is 77.9 cm³/mol. The minimum absolute atomic E-state index is 0.455. The normalized spacial score (nSPS) is 12.5. The number of benzene rings is 1. The van der Waals surface area contributed by atoms with Crippen LogP contribution in [-0.2, 0) is 0 Å². The van der Waals surface area contributed by atoms with Crippen LogP contribution in [0.2, 0.25) is 0 Å². The largest absolute Gasteiger partial charge is 0.624 e. The lowest BCUT2D eigenvalue weighted by Gasteiger charge is -2.05. The van der Waals surface area contributed by atoms with Crippen molar-refractivity contribution in [3.8, 4) is 5.69 Å². The summed E-state index contributed by atoms with van der Waals surface area (Å²) in [6, 6.07) is 8.03. The molecule has 0 atom stereocenters. The molecule has 0 amide bonds. The zero-order valence-corrected chi connectivity index (χ0v) is 11.8. The SMILES string of the molecule is CC(C)c1ccc(-n2nnc(/C=C/C=[N+](/C)[O-])n2)cc1. The molecule has 1 heterocycles. The molecule has 0 spiro atoms. The van der Waals surface area contributed by atoms with Gasteiger partial charge < -0.3 is 5.21 Å². The number of hydrogen-bond donors (Lipinski definition) is 0. The first-order valence-electron chi connectivity index (χ1n) is 6.38. The molecule has 0 saturated heterocycles. The molecular weight excluding hydrogens is 254 g/mol. The van der Waals surface area contributed by atoms with Crippen LogP contribution in [0.1, 0.15) is 31.2 Å². The molecule has 104 valence electrons. The highest BCUT2D eigenvalue weighted by Crippen LogP contribution is 2.15. The van der Waals surface area contributed by atoms with Crippen molar-refractivity contribution in [3.05, 3.63) is 46.9 Å². The van der Waals surface area contributed by atoms with E-state index in [-0.39, 0.29) is 0 Å². The smallest absolute Gasteiger partial charge is 0.198 e. The third-order valence-corrected chi connectivity index (χ3v) is 2.76. The van der Waals surface area contributed by atoms with Gasteiger partial charge in [0.05, 0.1) is 5.69 Å². The van der Waals surface area contributed by atoms with E-state index in [1.165, 1.54) is 23.6 Å². The molecule has 0 fully saturated rings. The Morgan fingerprint density at radius 1 is 1.25 bits per heavy atom. The maximum absolute atomic E-state index is 10.7. The van der Waals surface area contributed by atoms with E-state index in [4.69, 9.17) is 0 Å². The summed E-state index contributed by atoms with van der Waals surface area (Å²) in [6.07, 6.45) is 4.58. The molecule has 20 heavy (non-hydrogen) atoms. The number of nitrogens with zero attached hydrogens (tertiary/aromatic N) is 5. The highest BCUT2D eigenvalue weighted by molar-refractivity contribution is 5.73. The first-order chi connectivity index (χ1) is 9.56. The van der Waals surface area contributed by atoms with Gasteiger partial charge >= 0.3 is 0 Å². The minimum atomic E-state index is 0.455. The van der Waals surface area contributed by atoms with Gasteiger partial charge in [-0.1, -0.05) is 26.0 Å². The molecule has 0 aliphatic rings. The van der Waals surface area contributed by atoms with E-state index in [0.29, 0.717) is 16.5 Å². The second-order valence-corrected chi connectivity index (χ2v) is 4.74. The van der Waals surface area contributed by atoms with Gasteiger partial charge in [0, 0.05) is 6.08 Å². The second-order valence-electron chi connectivity index (χ2n) is 4.74. The highest BCUT2D eigenvalue weighted by Gasteiger charge is 2.03. The molecule has 6 heteroatoms. The van der Waals surface area contributed by atoms with Crippen molar-refractivity contribution >= 4 is 12.3 Å². The molecule has 0 aliphatic heterocycles. The zero-order chi connectivity index (χ0) is 14.5. The summed E-state index contributed by atoms with van der Waals surface area (Å²) in [7, 11) is 1.41. The van der Waals surface area contributed by atoms with Crippen molar-refractivity contribution in [3.63, 3.8) is 0 Å². The maximum Gasteiger partial charge on any atom is 0.198 e. The summed E-state index contributed by atoms with van der Waals surface area (Å²) in [5.74, 6) is 0.946. The van der Waals surface area contributed by atoms with Crippen LogP contribution in [0, 0.1) is 5.21 Å². The molecule has 1 aromatic carbocycles. The van der Waals surface area contributed by atoms with Crippen LogP contribution in [0.3, 0.4) is 0 Å². The summed E-state index contributed by atoms with van der Waals surface area (Å²) >= 11 is 0. The molecule has 2 rings (SSSR count). The predicted octanol–water partition coefficient (Wildman–Crippen LogP) is 2.01. The lowest BCUT2D eigenvalue weighted by molar-refractivity contribution is -0.416. The summed E-state index contributed by atoms with van der Waals surface area (Å²) in [4.78, 5) is 1.46. The first kappa shape index (κ1) is 13.9. The monoisotopic (exact) mass is 271 g/mol. The Morgan fingerprint density at radius 3 is 2.55 bits per heavy atom. The molecule has 0 saturated carbocycles. The van der Waals surface area contributed by atoms with Crippen LogP contribution in [0.15, 0.2) is 30.3 Å². The van der Waals surface area contributed by atoms with Gasteiger partial charge in [0.2, 0.25) is 0 Å². The summed E-state index contributed by atoms with van der Waals surface area (Å²) in [5.41, 5.74) is 2.12. The molecule has 0 bridgehead atoms. The average molecular weight is 271 g/mol. The molecule has 0 N–H and O–H groups in total. The van der Waals surface area contributed by atoms with Gasteiger partial charge in [0.15, 0.2) is 12.0 Å². The highest BCUT2D eigenvalue weighted by atomic mass is 16.5. The third-order valence-electron chi connectivity index (χ3n) is 2.76. The summed E-state index contributed by atoms with van der Waals surface area (Å²) in [6.45, 7) is 4.30. The van der Waals surface area contributed by atoms with Crippen molar-refractivity contribution in [2.45, 2.75) is 19.8 Å². The molecule has 2 aromatic rings. The quantitative estimate of drug-likeness (QED) is 0.369. The van der Waals surface area contributed by atoms with Crippen molar-refractivity contribution in [1.29, 1.82) is 0 Å². The van der Waals surface area contributed by atoms with E-state index in [2.05, 4.69) is 41.4 Å². The van der Waals surface area contributed by atoms with Crippen molar-refractivity contribution in [2.75, 3.05) is 7.05 Å². The number of hydrogen-bond acceptors (Lipinski definition) is 4. The van der Waals surface area contributed by atoms with Gasteiger partial charge in [-0.05, 0) is 34.9 Å². The van der Waals surface area contributed by atoms with E-state index < -0.39 is 0 Å². The maximum atomic E-state index is 10.7. The van der Waals surface area contributed by atoms with E-state index >= 15 is 0 Å². The van der Waals surface area contributed by atoms with E-state index in [1.54, 1.807) is 12.2 Å². The van der Waals surface area contributed by atoms with Crippen LogP contribution in [0.4, 0.5) is 0 Å². The Kier molecular flexibility index (Phi) is 4.24. The van der Waals surface area contributed by atoms with Crippen LogP contribution < -0.4 is 0 Å². The van der Waals surface area contributed by atoms with Crippen molar-refractivity contribution in [2.24, 2.45) is 0 Å². The molecule has 6 nitrogen and oxygen atoms in total. The molecule has 0 radical (unpaired) electrons. The summed E-state index contributed by atoms with van der Waals surface area (Å²) in [5, 5.41) is 22.8. The van der Waals surface area contributed by atoms with Crippen LogP contribution in [0.25, 0.3) is 11.8 Å². The molecule has 0 unspecified atom stereocenters. The van der Waals surface area contributed by atoms with E-state index in [0.717, 1.165) is 5.69 Å². The topological polar surface area (TPSA) is 69.7 Å². The zero-order valence-electron chi connectivity index (χ0n) is 11.8. The number of allylic oxidation sites excluding steroid dienone is 1. The lowest BCUT2D eigenvalue weighted by atomic mass is 10.0. The van der Waals surface area contributed by atoms with Gasteiger partial charge in [-0.25, -0.2) is 4.74 Å². The van der Waals surface area contributed by atoms with Crippen molar-refractivity contribution < 1.29 is 4.74 Å². The van der Waals surface area contributed by atoms with Gasteiger partial charge in [-0.2, -0.15) is 0 Å². The standard InChI is InChI=1S/C14H17N5O/c1-11(2)12-6-8-13(9-7-12)19-16-14(15-17-19)5-4-10-18(3)20/h4-11H,1-3H3/b5-4+,18-10-. The Morgan fingerprint density at radius 2 is 1.95 bits per heavy atom. The van der Waals surface area contributed by atoms with Crippen LogP contribution in [-0.4, -0.2) is 38.2 Å². The fourth-order valence-corrected chi connectivity index (χ4v) is 1.64. The fraction of sp³-hybridized carbons (Fsp3) is 0.286. The molecular formula is C14H17N5O. The van der Waals surface area contributed by atoms with Crippen molar-refractivity contribution in [1.82, 2.24) is 20.2 Å². The lowest BCUT2D eigenvalue weighted by Crippen LogP contribution is -1.99. The molecule has 1 aromatic heterocycles. The average Bonchev–Trinajstić information content (AvgIpc) is 2.87. The number of rotatable bonds is 4. The van der Waals surface area contributed by atoms with Gasteiger partial charge in [0.25, 0.3) is 0 Å². The summed E-state index contributed by atoms with van der Waals surface area (Å²) < 4.78 is 0.700. The van der Waals surface area contributed by atoms with Gasteiger partial charge in [-0.15, -0.1) is 15.0 Å². The van der Waals surface area contributed by atoms with Gasteiger partial charge in [-0.3, -0.25) is 0 Å². The second kappa shape index (κ2) is 6.10. The van der Waals surface area contributed by atoms with E-state index in [1.807, 2.05) is 12.1 Å². The number of hydroxylamine groups is 1. The number of tetrazole rings is 1. The Labute approximate surface area is 117 Å². The Balaban J connectivity index is 2.16. The van der Waals surface area contributed by atoms with E-state index in [9.17, 15) is 5.21 Å². The third kappa shape index (κ3) is 3.50. The number of aromatic nitrogens is 4.